The second kappa shape index (κ2) is 8.79. The first-order valence-electron chi connectivity index (χ1n) is 11.1. The highest BCUT2D eigenvalue weighted by Crippen LogP contribution is 2.34. The number of aromatic nitrogens is 4. The Morgan fingerprint density at radius 2 is 1.86 bits per heavy atom. The fourth-order valence-corrected chi connectivity index (χ4v) is 4.84. The van der Waals surface area contributed by atoms with Gasteiger partial charge in [-0.2, -0.15) is 5.10 Å². The predicted octanol–water partition coefficient (Wildman–Crippen LogP) is 3.19. The normalized spacial score (nSPS) is 20.0. The first kappa shape index (κ1) is 20.3. The van der Waals surface area contributed by atoms with Crippen LogP contribution in [-0.4, -0.2) is 63.0 Å². The van der Waals surface area contributed by atoms with E-state index in [0.29, 0.717) is 0 Å². The molecule has 7 heteroatoms. The van der Waals surface area contributed by atoms with Crippen LogP contribution >= 0.6 is 0 Å². The van der Waals surface area contributed by atoms with Gasteiger partial charge in [0.15, 0.2) is 0 Å². The molecule has 1 aliphatic heterocycles. The quantitative estimate of drug-likeness (QED) is 0.806. The number of rotatable bonds is 6. The van der Waals surface area contributed by atoms with E-state index in [1.165, 1.54) is 32.1 Å². The number of aryl methyl sites for hydroxylation is 3. The number of nitrogens with one attached hydrogen (secondary N) is 1. The average molecular weight is 399 g/mol. The first-order chi connectivity index (χ1) is 14.1. The Morgan fingerprint density at radius 3 is 2.55 bits per heavy atom. The highest BCUT2D eigenvalue weighted by atomic mass is 16.5. The van der Waals surface area contributed by atoms with Gasteiger partial charge in [-0.25, -0.2) is 9.97 Å². The van der Waals surface area contributed by atoms with Crippen LogP contribution in [0.25, 0.3) is 11.4 Å². The third-order valence-electron chi connectivity index (χ3n) is 6.46. The average Bonchev–Trinajstić information content (AvgIpc) is 3.14. The Kier molecular flexibility index (Phi) is 6.15. The molecular weight excluding hydrogens is 364 g/mol. The molecule has 0 unspecified atom stereocenters. The summed E-state index contributed by atoms with van der Waals surface area (Å²) in [6.07, 6.45) is 7.38. The van der Waals surface area contributed by atoms with Gasteiger partial charge in [-0.1, -0.05) is 26.2 Å². The molecule has 0 aromatic carbocycles. The Labute approximate surface area is 173 Å². The fourth-order valence-electron chi connectivity index (χ4n) is 4.84. The minimum Gasteiger partial charge on any atom is -0.379 e. The van der Waals surface area contributed by atoms with Crippen molar-refractivity contribution in [3.63, 3.8) is 0 Å². The number of anilines is 1. The number of ether oxygens (including phenoxy) is 1. The van der Waals surface area contributed by atoms with Crippen molar-refractivity contribution in [2.75, 3.05) is 38.2 Å². The molecule has 158 valence electrons. The van der Waals surface area contributed by atoms with Gasteiger partial charge in [-0.3, -0.25) is 9.58 Å². The topological polar surface area (TPSA) is 68.1 Å². The minimum absolute atomic E-state index is 0.211. The summed E-state index contributed by atoms with van der Waals surface area (Å²) in [5.74, 6) is 1.69. The van der Waals surface area contributed by atoms with Crippen LogP contribution in [0.15, 0.2) is 12.1 Å². The summed E-state index contributed by atoms with van der Waals surface area (Å²) in [4.78, 5) is 12.0. The van der Waals surface area contributed by atoms with Crippen LogP contribution in [0.2, 0.25) is 0 Å². The van der Waals surface area contributed by atoms with Crippen molar-refractivity contribution in [1.29, 1.82) is 0 Å². The van der Waals surface area contributed by atoms with E-state index in [-0.39, 0.29) is 5.54 Å². The summed E-state index contributed by atoms with van der Waals surface area (Å²) in [5, 5.41) is 8.25. The van der Waals surface area contributed by atoms with Gasteiger partial charge in [-0.15, -0.1) is 0 Å². The van der Waals surface area contributed by atoms with Crippen molar-refractivity contribution in [2.24, 2.45) is 7.05 Å². The van der Waals surface area contributed by atoms with Crippen molar-refractivity contribution >= 4 is 5.82 Å². The number of morpholine rings is 1. The van der Waals surface area contributed by atoms with Crippen LogP contribution in [-0.2, 0) is 18.2 Å². The maximum atomic E-state index is 5.61. The van der Waals surface area contributed by atoms with E-state index >= 15 is 0 Å². The summed E-state index contributed by atoms with van der Waals surface area (Å²) in [6.45, 7) is 8.77. The molecule has 0 spiro atoms. The Morgan fingerprint density at radius 1 is 1.10 bits per heavy atom. The standard InChI is InChI=1S/C22H34N6O/c1-4-18-14-20(27(3)26-18)19-15-21(25-17(2)24-19)23-16-22(8-6-5-7-9-22)28-10-12-29-13-11-28/h14-15H,4-13,16H2,1-3H3,(H,23,24,25). The summed E-state index contributed by atoms with van der Waals surface area (Å²) in [5.41, 5.74) is 3.26. The van der Waals surface area contributed by atoms with Crippen LogP contribution in [0, 0.1) is 6.92 Å². The molecule has 29 heavy (non-hydrogen) atoms. The molecule has 0 atom stereocenters. The van der Waals surface area contributed by atoms with Gasteiger partial charge < -0.3 is 10.1 Å². The van der Waals surface area contributed by atoms with Crippen LogP contribution in [0.3, 0.4) is 0 Å². The summed E-state index contributed by atoms with van der Waals surface area (Å²) < 4.78 is 7.53. The van der Waals surface area contributed by atoms with Crippen LogP contribution in [0.4, 0.5) is 5.82 Å². The van der Waals surface area contributed by atoms with E-state index in [9.17, 15) is 0 Å². The van der Waals surface area contributed by atoms with Crippen molar-refractivity contribution in [2.45, 2.75) is 57.9 Å². The molecule has 2 aliphatic rings. The lowest BCUT2D eigenvalue weighted by molar-refractivity contribution is -0.0318. The third kappa shape index (κ3) is 4.46. The lowest BCUT2D eigenvalue weighted by Gasteiger charge is -2.48. The number of hydrogen-bond acceptors (Lipinski definition) is 6. The van der Waals surface area contributed by atoms with Gasteiger partial charge in [0.05, 0.1) is 30.3 Å². The monoisotopic (exact) mass is 398 g/mol. The maximum absolute atomic E-state index is 5.61. The largest absolute Gasteiger partial charge is 0.379 e. The summed E-state index contributed by atoms with van der Waals surface area (Å²) >= 11 is 0. The van der Waals surface area contributed by atoms with Crippen molar-refractivity contribution in [1.82, 2.24) is 24.6 Å². The Balaban J connectivity index is 1.55. The van der Waals surface area contributed by atoms with Crippen molar-refractivity contribution in [3.8, 4) is 11.4 Å². The molecule has 0 amide bonds. The van der Waals surface area contributed by atoms with Gasteiger partial charge in [0.1, 0.15) is 11.6 Å². The fraction of sp³-hybridized carbons (Fsp3) is 0.682. The molecule has 1 saturated heterocycles. The zero-order chi connectivity index (χ0) is 20.3. The summed E-state index contributed by atoms with van der Waals surface area (Å²) in [6, 6.07) is 4.20. The van der Waals surface area contributed by atoms with E-state index in [4.69, 9.17) is 4.74 Å². The summed E-state index contributed by atoms with van der Waals surface area (Å²) in [7, 11) is 1.98. The molecule has 0 bridgehead atoms. The molecular formula is C22H34N6O. The highest BCUT2D eigenvalue weighted by molar-refractivity contribution is 5.59. The first-order valence-corrected chi connectivity index (χ1v) is 11.1. The van der Waals surface area contributed by atoms with Crippen LogP contribution in [0.1, 0.15) is 50.5 Å². The van der Waals surface area contributed by atoms with E-state index < -0.39 is 0 Å². The van der Waals surface area contributed by atoms with Gasteiger partial charge in [0, 0.05) is 38.3 Å². The van der Waals surface area contributed by atoms with Gasteiger partial charge in [0.2, 0.25) is 0 Å². The molecule has 1 N–H and O–H groups in total. The van der Waals surface area contributed by atoms with E-state index in [1.54, 1.807) is 0 Å². The molecule has 3 heterocycles. The maximum Gasteiger partial charge on any atom is 0.130 e. The van der Waals surface area contributed by atoms with Crippen molar-refractivity contribution in [3.05, 3.63) is 23.7 Å². The van der Waals surface area contributed by atoms with Gasteiger partial charge >= 0.3 is 0 Å². The highest BCUT2D eigenvalue weighted by Gasteiger charge is 2.38. The van der Waals surface area contributed by atoms with Gasteiger partial charge in [0.25, 0.3) is 0 Å². The van der Waals surface area contributed by atoms with Crippen LogP contribution < -0.4 is 5.32 Å². The second-order valence-electron chi connectivity index (χ2n) is 8.42. The lowest BCUT2D eigenvalue weighted by Crippen LogP contribution is -2.58. The molecule has 2 aromatic heterocycles. The van der Waals surface area contributed by atoms with E-state index in [1.807, 2.05) is 18.7 Å². The number of nitrogens with zero attached hydrogens (tertiary/aromatic N) is 5. The molecule has 7 nitrogen and oxygen atoms in total. The zero-order valence-electron chi connectivity index (χ0n) is 18.1. The Hall–Kier alpha value is -1.99. The third-order valence-corrected chi connectivity index (χ3v) is 6.46. The molecule has 2 aromatic rings. The molecule has 0 radical (unpaired) electrons. The minimum atomic E-state index is 0.211. The molecule has 4 rings (SSSR count). The van der Waals surface area contributed by atoms with E-state index in [2.05, 4.69) is 44.3 Å². The molecule has 1 aliphatic carbocycles. The smallest absolute Gasteiger partial charge is 0.130 e. The van der Waals surface area contributed by atoms with Gasteiger partial charge in [-0.05, 0) is 32.3 Å². The molecule has 1 saturated carbocycles. The zero-order valence-corrected chi connectivity index (χ0v) is 18.1. The predicted molar refractivity (Wildman–Crippen MR) is 115 cm³/mol. The Bertz CT molecular complexity index is 821. The van der Waals surface area contributed by atoms with Crippen molar-refractivity contribution < 1.29 is 4.74 Å². The van der Waals surface area contributed by atoms with E-state index in [0.717, 1.165) is 68.0 Å². The number of hydrogen-bond donors (Lipinski definition) is 1. The lowest BCUT2D eigenvalue weighted by atomic mass is 9.79. The molecule has 2 fully saturated rings. The second-order valence-corrected chi connectivity index (χ2v) is 8.42. The van der Waals surface area contributed by atoms with Crippen LogP contribution in [0.5, 0.6) is 0 Å². The SMILES string of the molecule is CCc1cc(-c2cc(NCC3(N4CCOCC4)CCCCC3)nc(C)n2)n(C)n1.